The largest absolute Gasteiger partial charge is 0.508 e. The summed E-state index contributed by atoms with van der Waals surface area (Å²) in [5.41, 5.74) is 0.962. The van der Waals surface area contributed by atoms with Gasteiger partial charge in [0.25, 0.3) is 0 Å². The Balaban J connectivity index is 2.12. The molecule has 0 aliphatic heterocycles. The number of para-hydroxylation sites is 1. The van der Waals surface area contributed by atoms with Crippen LogP contribution in [0.2, 0.25) is 0 Å². The summed E-state index contributed by atoms with van der Waals surface area (Å²) in [5, 5.41) is 9.96. The second kappa shape index (κ2) is 5.01. The molecule has 98 valence electrons. The molecule has 18 heavy (non-hydrogen) atoms. The van der Waals surface area contributed by atoms with Crippen LogP contribution in [0.1, 0.15) is 38.2 Å². The molecule has 1 aromatic rings. The first-order valence-electron chi connectivity index (χ1n) is 6.43. The Hall–Kier alpha value is -1.51. The van der Waals surface area contributed by atoms with Crippen LogP contribution in [0.4, 0.5) is 0 Å². The summed E-state index contributed by atoms with van der Waals surface area (Å²) in [6.07, 6.45) is 3.48. The van der Waals surface area contributed by atoms with Crippen LogP contribution < -0.4 is 0 Å². The van der Waals surface area contributed by atoms with E-state index in [1.165, 1.54) is 7.11 Å². The van der Waals surface area contributed by atoms with Gasteiger partial charge in [-0.2, -0.15) is 0 Å². The number of esters is 1. The number of benzene rings is 1. The first-order chi connectivity index (χ1) is 8.57. The molecule has 2 rings (SSSR count). The second-order valence-corrected chi connectivity index (χ2v) is 5.38. The topological polar surface area (TPSA) is 46.5 Å². The van der Waals surface area contributed by atoms with E-state index in [9.17, 15) is 9.90 Å². The summed E-state index contributed by atoms with van der Waals surface area (Å²) < 4.78 is 4.80. The number of phenolic OH excluding ortho intramolecular Hbond substituents is 1. The molecule has 0 saturated heterocycles. The number of methoxy groups -OCH3 is 1. The Morgan fingerprint density at radius 1 is 1.33 bits per heavy atom. The fourth-order valence-electron chi connectivity index (χ4n) is 2.91. The summed E-state index contributed by atoms with van der Waals surface area (Å²) in [7, 11) is 1.44. The van der Waals surface area contributed by atoms with E-state index in [-0.39, 0.29) is 17.3 Å². The van der Waals surface area contributed by atoms with E-state index < -0.39 is 0 Å². The van der Waals surface area contributed by atoms with Gasteiger partial charge in [0.2, 0.25) is 0 Å². The van der Waals surface area contributed by atoms with Crippen molar-refractivity contribution in [1.82, 2.24) is 0 Å². The van der Waals surface area contributed by atoms with Crippen LogP contribution in [0.25, 0.3) is 0 Å². The van der Waals surface area contributed by atoms with Gasteiger partial charge < -0.3 is 9.84 Å². The third kappa shape index (κ3) is 2.35. The zero-order chi connectivity index (χ0) is 13.2. The lowest BCUT2D eigenvalue weighted by molar-refractivity contribution is -0.146. The highest BCUT2D eigenvalue weighted by Crippen LogP contribution is 2.44. The fraction of sp³-hybridized carbons (Fsp3) is 0.533. The van der Waals surface area contributed by atoms with Crippen LogP contribution in [-0.4, -0.2) is 18.2 Å². The molecule has 1 aromatic carbocycles. The molecule has 1 fully saturated rings. The maximum Gasteiger partial charge on any atom is 0.308 e. The van der Waals surface area contributed by atoms with Crippen molar-refractivity contribution in [1.29, 1.82) is 0 Å². The number of carbonyl (C=O) groups is 1. The van der Waals surface area contributed by atoms with Crippen LogP contribution in [0, 0.1) is 5.92 Å². The number of rotatable bonds is 2. The number of aromatic hydroxyl groups is 1. The normalized spacial score (nSPS) is 27.8. The van der Waals surface area contributed by atoms with E-state index in [4.69, 9.17) is 4.74 Å². The number of carbonyl (C=O) groups excluding carboxylic acids is 1. The number of ether oxygens (including phenoxy) is 1. The van der Waals surface area contributed by atoms with Gasteiger partial charge in [0, 0.05) is 0 Å². The maximum atomic E-state index is 11.5. The number of hydrogen-bond donors (Lipinski definition) is 1. The molecule has 0 unspecified atom stereocenters. The van der Waals surface area contributed by atoms with Crippen LogP contribution in [0.3, 0.4) is 0 Å². The maximum absolute atomic E-state index is 11.5. The Labute approximate surface area is 108 Å². The van der Waals surface area contributed by atoms with E-state index in [1.54, 1.807) is 6.07 Å². The molecule has 0 heterocycles. The van der Waals surface area contributed by atoms with Gasteiger partial charge in [-0.05, 0) is 42.7 Å². The highest BCUT2D eigenvalue weighted by molar-refractivity contribution is 5.72. The second-order valence-electron chi connectivity index (χ2n) is 5.38. The molecule has 1 saturated carbocycles. The Morgan fingerprint density at radius 3 is 2.50 bits per heavy atom. The van der Waals surface area contributed by atoms with E-state index in [0.717, 1.165) is 31.2 Å². The van der Waals surface area contributed by atoms with Gasteiger partial charge in [0.15, 0.2) is 0 Å². The van der Waals surface area contributed by atoms with Crippen molar-refractivity contribution in [3.05, 3.63) is 29.8 Å². The molecule has 3 heteroatoms. The standard InChI is InChI=1S/C15H20O3/c1-15(12-5-3-4-6-13(12)16)9-7-11(8-10-15)14(17)18-2/h3-6,11,16H,7-10H2,1-2H3/t11-,15-. The first-order valence-corrected chi connectivity index (χ1v) is 6.43. The molecule has 0 aromatic heterocycles. The Bertz CT molecular complexity index is 431. The smallest absolute Gasteiger partial charge is 0.308 e. The van der Waals surface area contributed by atoms with E-state index >= 15 is 0 Å². The lowest BCUT2D eigenvalue weighted by Crippen LogP contribution is -2.32. The van der Waals surface area contributed by atoms with Crippen LogP contribution in [-0.2, 0) is 14.9 Å². The molecule has 1 aliphatic rings. The first kappa shape index (κ1) is 12.9. The molecular formula is C15H20O3. The third-order valence-electron chi connectivity index (χ3n) is 4.18. The molecular weight excluding hydrogens is 228 g/mol. The lowest BCUT2D eigenvalue weighted by Gasteiger charge is -2.37. The number of hydrogen-bond acceptors (Lipinski definition) is 3. The highest BCUT2D eigenvalue weighted by Gasteiger charge is 2.36. The molecule has 0 atom stereocenters. The SMILES string of the molecule is COC(=O)[C@H]1CC[C@](C)(c2ccccc2O)CC1. The van der Waals surface area contributed by atoms with E-state index in [2.05, 4.69) is 6.92 Å². The fourth-order valence-corrected chi connectivity index (χ4v) is 2.91. The van der Waals surface area contributed by atoms with Crippen molar-refractivity contribution in [3.63, 3.8) is 0 Å². The monoisotopic (exact) mass is 248 g/mol. The van der Waals surface area contributed by atoms with Crippen molar-refractivity contribution in [2.75, 3.05) is 7.11 Å². The molecule has 1 N–H and O–H groups in total. The number of phenols is 1. The van der Waals surface area contributed by atoms with Gasteiger partial charge in [0.05, 0.1) is 13.0 Å². The van der Waals surface area contributed by atoms with Crippen molar-refractivity contribution in [2.45, 2.75) is 38.0 Å². The van der Waals surface area contributed by atoms with Gasteiger partial charge in [-0.25, -0.2) is 0 Å². The van der Waals surface area contributed by atoms with Crippen molar-refractivity contribution in [2.24, 2.45) is 5.92 Å². The molecule has 1 aliphatic carbocycles. The molecule has 3 nitrogen and oxygen atoms in total. The van der Waals surface area contributed by atoms with Gasteiger partial charge in [0.1, 0.15) is 5.75 Å². The Morgan fingerprint density at radius 2 is 1.94 bits per heavy atom. The predicted octanol–water partition coefficient (Wildman–Crippen LogP) is 3.01. The zero-order valence-corrected chi connectivity index (χ0v) is 11.0. The minimum atomic E-state index is -0.102. The van der Waals surface area contributed by atoms with E-state index in [0.29, 0.717) is 5.75 Å². The highest BCUT2D eigenvalue weighted by atomic mass is 16.5. The Kier molecular flexibility index (Phi) is 3.60. The van der Waals surface area contributed by atoms with E-state index in [1.807, 2.05) is 18.2 Å². The minimum absolute atomic E-state index is 0.0222. The van der Waals surface area contributed by atoms with Crippen LogP contribution in [0.15, 0.2) is 24.3 Å². The van der Waals surface area contributed by atoms with Crippen LogP contribution >= 0.6 is 0 Å². The zero-order valence-electron chi connectivity index (χ0n) is 11.0. The van der Waals surface area contributed by atoms with Crippen molar-refractivity contribution >= 4 is 5.97 Å². The quantitative estimate of drug-likeness (QED) is 0.818. The lowest BCUT2D eigenvalue weighted by atomic mass is 9.68. The summed E-state index contributed by atoms with van der Waals surface area (Å²) in [4.78, 5) is 11.5. The predicted molar refractivity (Wildman–Crippen MR) is 69.4 cm³/mol. The van der Waals surface area contributed by atoms with Gasteiger partial charge in [-0.15, -0.1) is 0 Å². The summed E-state index contributed by atoms with van der Waals surface area (Å²) in [6, 6.07) is 7.50. The molecule has 0 amide bonds. The van der Waals surface area contributed by atoms with Gasteiger partial charge in [-0.3, -0.25) is 4.79 Å². The summed E-state index contributed by atoms with van der Waals surface area (Å²) in [6.45, 7) is 2.16. The van der Waals surface area contributed by atoms with Gasteiger partial charge in [-0.1, -0.05) is 25.1 Å². The summed E-state index contributed by atoms with van der Waals surface area (Å²) >= 11 is 0. The average Bonchev–Trinajstić information content (AvgIpc) is 2.39. The molecule has 0 bridgehead atoms. The third-order valence-corrected chi connectivity index (χ3v) is 4.18. The van der Waals surface area contributed by atoms with Crippen molar-refractivity contribution < 1.29 is 14.6 Å². The average molecular weight is 248 g/mol. The summed E-state index contributed by atoms with van der Waals surface area (Å²) in [5.74, 6) is 0.278. The molecule has 0 radical (unpaired) electrons. The minimum Gasteiger partial charge on any atom is -0.508 e. The molecule has 0 spiro atoms. The van der Waals surface area contributed by atoms with Gasteiger partial charge >= 0.3 is 5.97 Å². The van der Waals surface area contributed by atoms with Crippen LogP contribution in [0.5, 0.6) is 5.75 Å². The van der Waals surface area contributed by atoms with Crippen molar-refractivity contribution in [3.8, 4) is 5.75 Å².